The Bertz CT molecular complexity index is 638. The van der Waals surface area contributed by atoms with Gasteiger partial charge in [-0.3, -0.25) is 9.80 Å². The fourth-order valence-electron chi connectivity index (χ4n) is 2.66. The summed E-state index contributed by atoms with van der Waals surface area (Å²) in [5.74, 6) is -3.74. The summed E-state index contributed by atoms with van der Waals surface area (Å²) in [6.45, 7) is 3.64. The SMILES string of the molecule is CC(F)(F)C1(C)CN2CCCN2C1=O.N#Cc1cccc(F)c1. The number of nitriles is 1. The average Bonchev–Trinajstić information content (AvgIpc) is 3.02. The van der Waals surface area contributed by atoms with Crippen molar-refractivity contribution >= 4 is 5.91 Å². The third-order valence-electron chi connectivity index (χ3n) is 4.26. The van der Waals surface area contributed by atoms with Crippen LogP contribution in [-0.2, 0) is 4.79 Å². The lowest BCUT2D eigenvalue weighted by molar-refractivity contribution is -0.154. The summed E-state index contributed by atoms with van der Waals surface area (Å²) in [6, 6.07) is 7.40. The van der Waals surface area contributed by atoms with E-state index in [-0.39, 0.29) is 12.4 Å². The standard InChI is InChI=1S/C9H14F2N2O.C7H4FN/c1-8(9(2,10)11)6-12-4-3-5-13(12)7(8)14;8-7-3-1-2-6(4-7)5-9/h3-6H2,1-2H3;1-4H. The lowest BCUT2D eigenvalue weighted by Crippen LogP contribution is -2.45. The van der Waals surface area contributed by atoms with Crippen molar-refractivity contribution in [1.29, 1.82) is 5.26 Å². The molecule has 3 rings (SSSR count). The van der Waals surface area contributed by atoms with E-state index >= 15 is 0 Å². The van der Waals surface area contributed by atoms with E-state index in [9.17, 15) is 18.0 Å². The molecule has 2 saturated heterocycles. The molecule has 1 atom stereocenters. The highest BCUT2D eigenvalue weighted by molar-refractivity contribution is 5.85. The molecule has 124 valence electrons. The molecular weight excluding hydrogens is 307 g/mol. The Morgan fingerprint density at radius 3 is 2.52 bits per heavy atom. The second-order valence-corrected chi connectivity index (χ2v) is 6.01. The predicted molar refractivity (Wildman–Crippen MR) is 77.7 cm³/mol. The van der Waals surface area contributed by atoms with Gasteiger partial charge in [0, 0.05) is 26.6 Å². The third kappa shape index (κ3) is 3.32. The minimum absolute atomic E-state index is 0.148. The molecule has 1 aromatic carbocycles. The molecular formula is C16H18F3N3O. The van der Waals surface area contributed by atoms with Gasteiger partial charge in [-0.2, -0.15) is 5.26 Å². The molecule has 4 nitrogen and oxygen atoms in total. The number of nitrogens with zero attached hydrogens (tertiary/aromatic N) is 3. The summed E-state index contributed by atoms with van der Waals surface area (Å²) in [5, 5.41) is 11.5. The Balaban J connectivity index is 0.000000185. The summed E-state index contributed by atoms with van der Waals surface area (Å²) in [6.07, 6.45) is 0.886. The molecule has 1 amide bonds. The topological polar surface area (TPSA) is 47.3 Å². The van der Waals surface area contributed by atoms with Crippen molar-refractivity contribution in [3.8, 4) is 6.07 Å². The van der Waals surface area contributed by atoms with Crippen LogP contribution in [0.1, 0.15) is 25.8 Å². The first-order valence-corrected chi connectivity index (χ1v) is 7.29. The Kier molecular flexibility index (Phi) is 4.66. The zero-order valence-electron chi connectivity index (χ0n) is 13.0. The van der Waals surface area contributed by atoms with Crippen LogP contribution in [0, 0.1) is 22.6 Å². The summed E-state index contributed by atoms with van der Waals surface area (Å²) >= 11 is 0. The van der Waals surface area contributed by atoms with Crippen LogP contribution in [0.2, 0.25) is 0 Å². The van der Waals surface area contributed by atoms with E-state index in [1.807, 2.05) is 6.07 Å². The van der Waals surface area contributed by atoms with Gasteiger partial charge in [-0.15, -0.1) is 0 Å². The number of carbonyl (C=O) groups is 1. The van der Waals surface area contributed by atoms with Gasteiger partial charge in [0.15, 0.2) is 0 Å². The summed E-state index contributed by atoms with van der Waals surface area (Å²) in [7, 11) is 0. The van der Waals surface area contributed by atoms with Crippen LogP contribution >= 0.6 is 0 Å². The molecule has 0 bridgehead atoms. The van der Waals surface area contributed by atoms with Crippen molar-refractivity contribution in [2.45, 2.75) is 26.2 Å². The average molecular weight is 325 g/mol. The van der Waals surface area contributed by atoms with Crippen LogP contribution in [0.5, 0.6) is 0 Å². The van der Waals surface area contributed by atoms with Crippen LogP contribution in [0.25, 0.3) is 0 Å². The molecule has 2 heterocycles. The van der Waals surface area contributed by atoms with Crippen molar-refractivity contribution in [1.82, 2.24) is 10.0 Å². The van der Waals surface area contributed by atoms with Crippen molar-refractivity contribution in [3.05, 3.63) is 35.6 Å². The molecule has 23 heavy (non-hydrogen) atoms. The zero-order valence-corrected chi connectivity index (χ0v) is 13.0. The lowest BCUT2D eigenvalue weighted by atomic mass is 9.84. The smallest absolute Gasteiger partial charge is 0.260 e. The van der Waals surface area contributed by atoms with E-state index < -0.39 is 17.2 Å². The van der Waals surface area contributed by atoms with Gasteiger partial charge < -0.3 is 0 Å². The number of hydrazine groups is 1. The van der Waals surface area contributed by atoms with Gasteiger partial charge in [-0.25, -0.2) is 18.2 Å². The fourth-order valence-corrected chi connectivity index (χ4v) is 2.66. The van der Waals surface area contributed by atoms with Gasteiger partial charge in [-0.05, 0) is 31.5 Å². The predicted octanol–water partition coefficient (Wildman–Crippen LogP) is 2.81. The van der Waals surface area contributed by atoms with Crippen molar-refractivity contribution in [3.63, 3.8) is 0 Å². The number of hydrogen-bond acceptors (Lipinski definition) is 3. The number of carbonyl (C=O) groups excluding carboxylic acids is 1. The molecule has 0 aliphatic carbocycles. The molecule has 2 aliphatic rings. The third-order valence-corrected chi connectivity index (χ3v) is 4.26. The molecule has 1 unspecified atom stereocenters. The maximum Gasteiger partial charge on any atom is 0.260 e. The largest absolute Gasteiger partial charge is 0.275 e. The molecule has 0 spiro atoms. The monoisotopic (exact) mass is 325 g/mol. The normalized spacial score (nSPS) is 24.0. The first-order valence-electron chi connectivity index (χ1n) is 7.29. The molecule has 0 radical (unpaired) electrons. The maximum atomic E-state index is 13.3. The summed E-state index contributed by atoms with van der Waals surface area (Å²) in [5.41, 5.74) is -1.18. The van der Waals surface area contributed by atoms with Gasteiger partial charge in [0.25, 0.3) is 5.92 Å². The highest BCUT2D eigenvalue weighted by atomic mass is 19.3. The fraction of sp³-hybridized carbons (Fsp3) is 0.500. The van der Waals surface area contributed by atoms with Crippen molar-refractivity contribution in [2.75, 3.05) is 19.6 Å². The Labute approximate surface area is 133 Å². The highest BCUT2D eigenvalue weighted by Crippen LogP contribution is 2.44. The Morgan fingerprint density at radius 2 is 2.04 bits per heavy atom. The molecule has 2 fully saturated rings. The lowest BCUT2D eigenvalue weighted by Gasteiger charge is -2.28. The molecule has 1 aromatic rings. The first-order chi connectivity index (χ1) is 10.7. The van der Waals surface area contributed by atoms with E-state index in [0.717, 1.165) is 19.9 Å². The van der Waals surface area contributed by atoms with E-state index in [1.165, 1.54) is 30.1 Å². The van der Waals surface area contributed by atoms with Gasteiger partial charge in [-0.1, -0.05) is 6.07 Å². The minimum Gasteiger partial charge on any atom is -0.275 e. The van der Waals surface area contributed by atoms with Crippen LogP contribution in [0.4, 0.5) is 13.2 Å². The second kappa shape index (κ2) is 6.20. The molecule has 7 heteroatoms. The van der Waals surface area contributed by atoms with E-state index in [2.05, 4.69) is 0 Å². The van der Waals surface area contributed by atoms with Crippen LogP contribution in [-0.4, -0.2) is 41.5 Å². The quantitative estimate of drug-likeness (QED) is 0.798. The summed E-state index contributed by atoms with van der Waals surface area (Å²) < 4.78 is 38.8. The van der Waals surface area contributed by atoms with Gasteiger partial charge in [0.05, 0.1) is 11.6 Å². The van der Waals surface area contributed by atoms with E-state index in [4.69, 9.17) is 5.26 Å². The number of rotatable bonds is 1. The molecule has 0 N–H and O–H groups in total. The highest BCUT2D eigenvalue weighted by Gasteiger charge is 2.60. The number of hydrogen-bond donors (Lipinski definition) is 0. The van der Waals surface area contributed by atoms with E-state index in [1.54, 1.807) is 11.1 Å². The van der Waals surface area contributed by atoms with Crippen LogP contribution < -0.4 is 0 Å². The van der Waals surface area contributed by atoms with Gasteiger partial charge >= 0.3 is 0 Å². The van der Waals surface area contributed by atoms with E-state index in [0.29, 0.717) is 12.1 Å². The number of fused-ring (bicyclic) bond motifs is 1. The van der Waals surface area contributed by atoms with Crippen LogP contribution in [0.15, 0.2) is 24.3 Å². The van der Waals surface area contributed by atoms with Crippen LogP contribution in [0.3, 0.4) is 0 Å². The van der Waals surface area contributed by atoms with Gasteiger partial charge in [0.1, 0.15) is 11.2 Å². The first kappa shape index (κ1) is 17.3. The molecule has 0 saturated carbocycles. The molecule has 2 aliphatic heterocycles. The summed E-state index contributed by atoms with van der Waals surface area (Å²) in [4.78, 5) is 11.8. The second-order valence-electron chi connectivity index (χ2n) is 6.01. The Morgan fingerprint density at radius 1 is 1.35 bits per heavy atom. The molecule has 0 aromatic heterocycles. The number of halogens is 3. The minimum atomic E-state index is -2.95. The van der Waals surface area contributed by atoms with Crippen molar-refractivity contribution in [2.24, 2.45) is 5.41 Å². The maximum absolute atomic E-state index is 13.3. The van der Waals surface area contributed by atoms with Crippen molar-refractivity contribution < 1.29 is 18.0 Å². The zero-order chi connectivity index (χ0) is 17.3. The number of alkyl halides is 2. The number of amides is 1. The van der Waals surface area contributed by atoms with Gasteiger partial charge in [0.2, 0.25) is 5.91 Å². The Hall–Kier alpha value is -2.07. The number of benzene rings is 1.